The van der Waals surface area contributed by atoms with Crippen LogP contribution >= 0.6 is 0 Å². The zero-order chi connectivity index (χ0) is 16.2. The van der Waals surface area contributed by atoms with Crippen molar-refractivity contribution in [1.82, 2.24) is 4.90 Å². The highest BCUT2D eigenvalue weighted by Crippen LogP contribution is 2.58. The number of ketones is 1. The average molecular weight is 315 g/mol. The smallest absolute Gasteiger partial charge is 0.164 e. The number of ether oxygens (including phenoxy) is 2. The number of benzene rings is 1. The lowest BCUT2D eigenvalue weighted by atomic mass is 9.52. The molecule has 3 atom stereocenters. The van der Waals surface area contributed by atoms with Gasteiger partial charge >= 0.3 is 0 Å². The predicted octanol–water partition coefficient (Wildman–Crippen LogP) is 2.57. The number of hydrogen-bond acceptors (Lipinski definition) is 4. The fourth-order valence-electron chi connectivity index (χ4n) is 5.45. The molecule has 1 heterocycles. The summed E-state index contributed by atoms with van der Waals surface area (Å²) in [6, 6.07) is 4.73. The zero-order valence-corrected chi connectivity index (χ0v) is 14.2. The molecule has 0 N–H and O–H groups in total. The Morgan fingerprint density at radius 1 is 1.26 bits per heavy atom. The molecule has 2 fully saturated rings. The van der Waals surface area contributed by atoms with E-state index in [1.54, 1.807) is 14.2 Å². The van der Waals surface area contributed by atoms with Crippen molar-refractivity contribution >= 4 is 5.78 Å². The van der Waals surface area contributed by atoms with Crippen molar-refractivity contribution < 1.29 is 14.3 Å². The van der Waals surface area contributed by atoms with E-state index in [1.807, 2.05) is 6.07 Å². The molecule has 23 heavy (non-hydrogen) atoms. The molecule has 0 aromatic heterocycles. The summed E-state index contributed by atoms with van der Waals surface area (Å²) in [5.41, 5.74) is 2.55. The van der Waals surface area contributed by atoms with Gasteiger partial charge in [0.25, 0.3) is 0 Å². The van der Waals surface area contributed by atoms with Gasteiger partial charge in [-0.3, -0.25) is 4.79 Å². The molecule has 4 heteroatoms. The van der Waals surface area contributed by atoms with E-state index in [0.29, 0.717) is 24.2 Å². The number of nitrogens with zero attached hydrogens (tertiary/aromatic N) is 1. The number of Topliss-reactive ketones (excluding diaryl/α,β-unsaturated/α-hetero) is 1. The van der Waals surface area contributed by atoms with Gasteiger partial charge in [0.05, 0.1) is 14.2 Å². The number of rotatable bonds is 2. The van der Waals surface area contributed by atoms with Gasteiger partial charge in [-0.1, -0.05) is 6.07 Å². The molecule has 0 radical (unpaired) electrons. The van der Waals surface area contributed by atoms with E-state index in [2.05, 4.69) is 18.0 Å². The zero-order valence-electron chi connectivity index (χ0n) is 14.2. The maximum absolute atomic E-state index is 12.4. The Labute approximate surface area is 137 Å². The quantitative estimate of drug-likeness (QED) is 0.841. The number of piperidine rings is 1. The minimum absolute atomic E-state index is 0.0556. The summed E-state index contributed by atoms with van der Waals surface area (Å²) in [6.07, 6.45) is 4.49. The first-order valence-corrected chi connectivity index (χ1v) is 8.57. The number of carbonyl (C=O) groups excluding carboxylic acids is 1. The molecule has 1 aromatic carbocycles. The van der Waals surface area contributed by atoms with E-state index in [9.17, 15) is 4.79 Å². The first-order valence-electron chi connectivity index (χ1n) is 8.57. The summed E-state index contributed by atoms with van der Waals surface area (Å²) in [4.78, 5) is 14.9. The van der Waals surface area contributed by atoms with Crippen LogP contribution in [0.3, 0.4) is 0 Å². The van der Waals surface area contributed by atoms with E-state index in [4.69, 9.17) is 9.47 Å². The lowest BCUT2D eigenvalue weighted by Gasteiger charge is -2.58. The molecule has 1 saturated carbocycles. The van der Waals surface area contributed by atoms with Crippen molar-refractivity contribution in [2.45, 2.75) is 43.6 Å². The minimum Gasteiger partial charge on any atom is -0.493 e. The van der Waals surface area contributed by atoms with Crippen LogP contribution in [0.2, 0.25) is 0 Å². The van der Waals surface area contributed by atoms with E-state index in [1.165, 1.54) is 11.1 Å². The van der Waals surface area contributed by atoms with E-state index in [-0.39, 0.29) is 5.41 Å². The molecule has 1 aliphatic heterocycles. The Bertz CT molecular complexity index is 656. The summed E-state index contributed by atoms with van der Waals surface area (Å²) in [5.74, 6) is 2.59. The third-order valence-corrected chi connectivity index (χ3v) is 6.46. The number of likely N-dealkylation sites (tertiary alicyclic amines) is 1. The highest BCUT2D eigenvalue weighted by Gasteiger charge is 2.56. The minimum atomic E-state index is -0.0556. The van der Waals surface area contributed by atoms with Gasteiger partial charge in [0.2, 0.25) is 0 Å². The van der Waals surface area contributed by atoms with Crippen molar-refractivity contribution in [2.75, 3.05) is 27.8 Å². The molecular weight excluding hydrogens is 290 g/mol. The van der Waals surface area contributed by atoms with Crippen LogP contribution in [0.1, 0.15) is 36.8 Å². The molecule has 0 amide bonds. The fourth-order valence-corrected chi connectivity index (χ4v) is 5.45. The second-order valence-corrected chi connectivity index (χ2v) is 7.35. The Morgan fingerprint density at radius 2 is 2.09 bits per heavy atom. The highest BCUT2D eigenvalue weighted by atomic mass is 16.5. The third-order valence-electron chi connectivity index (χ3n) is 6.46. The van der Waals surface area contributed by atoms with Crippen LogP contribution in [0.5, 0.6) is 11.5 Å². The van der Waals surface area contributed by atoms with Gasteiger partial charge in [0, 0.05) is 29.9 Å². The van der Waals surface area contributed by atoms with Crippen LogP contribution < -0.4 is 9.47 Å². The van der Waals surface area contributed by atoms with Crippen LogP contribution in [-0.4, -0.2) is 44.5 Å². The van der Waals surface area contributed by atoms with Gasteiger partial charge in [-0.15, -0.1) is 0 Å². The van der Waals surface area contributed by atoms with Crippen LogP contribution in [-0.2, 0) is 16.6 Å². The van der Waals surface area contributed by atoms with E-state index < -0.39 is 0 Å². The molecule has 4 rings (SSSR count). The van der Waals surface area contributed by atoms with Gasteiger partial charge in [0.1, 0.15) is 5.78 Å². The number of likely N-dealkylation sites (N-methyl/N-ethyl adjacent to an activating group) is 1. The van der Waals surface area contributed by atoms with Crippen LogP contribution in [0.25, 0.3) is 0 Å². The van der Waals surface area contributed by atoms with Gasteiger partial charge in [-0.2, -0.15) is 0 Å². The second kappa shape index (κ2) is 5.23. The average Bonchev–Trinajstić information content (AvgIpc) is 2.56. The van der Waals surface area contributed by atoms with Crippen molar-refractivity contribution in [1.29, 1.82) is 0 Å². The number of fused-ring (bicyclic) bond motifs is 1. The monoisotopic (exact) mass is 315 g/mol. The van der Waals surface area contributed by atoms with E-state index >= 15 is 0 Å². The fraction of sp³-hybridized carbons (Fsp3) is 0.632. The predicted molar refractivity (Wildman–Crippen MR) is 88.3 cm³/mol. The first kappa shape index (κ1) is 15.0. The maximum atomic E-state index is 12.4. The molecule has 2 aliphatic carbocycles. The van der Waals surface area contributed by atoms with Crippen molar-refractivity contribution in [3.8, 4) is 11.5 Å². The number of carbonyl (C=O) groups is 1. The maximum Gasteiger partial charge on any atom is 0.164 e. The van der Waals surface area contributed by atoms with Crippen molar-refractivity contribution in [2.24, 2.45) is 5.92 Å². The SMILES string of the molecule is COc1ccc2c(c1OC)[C@@]13CCN(C)[C@@H](C2)[C@H]1CCC(=O)C3. The molecule has 3 aliphatic rings. The van der Waals surface area contributed by atoms with Crippen LogP contribution in [0.15, 0.2) is 12.1 Å². The van der Waals surface area contributed by atoms with Gasteiger partial charge < -0.3 is 14.4 Å². The molecule has 124 valence electrons. The topological polar surface area (TPSA) is 38.8 Å². The molecular formula is C19H25NO3. The first-order chi connectivity index (χ1) is 11.1. The third kappa shape index (κ3) is 1.97. The molecule has 1 aromatic rings. The molecule has 0 unspecified atom stereocenters. The molecule has 0 spiro atoms. The summed E-state index contributed by atoms with van der Waals surface area (Å²) in [6.45, 7) is 1.05. The second-order valence-electron chi connectivity index (χ2n) is 7.35. The van der Waals surface area contributed by atoms with Crippen LogP contribution in [0, 0.1) is 5.92 Å². The standard InChI is InChI=1S/C19H25NO3/c1-20-9-8-19-11-13(21)5-6-14(19)15(20)10-12-4-7-16(22-2)18(23-3)17(12)19/h4,7,14-15H,5-6,8-11H2,1-3H3/t14-,15+,19-/m1/s1. The van der Waals surface area contributed by atoms with Crippen molar-refractivity contribution in [3.05, 3.63) is 23.3 Å². The van der Waals surface area contributed by atoms with Crippen molar-refractivity contribution in [3.63, 3.8) is 0 Å². The summed E-state index contributed by atoms with van der Waals surface area (Å²) in [7, 11) is 5.64. The molecule has 4 nitrogen and oxygen atoms in total. The van der Waals surface area contributed by atoms with Gasteiger partial charge in [0.15, 0.2) is 11.5 Å². The Balaban J connectivity index is 1.96. The largest absolute Gasteiger partial charge is 0.493 e. The van der Waals surface area contributed by atoms with Gasteiger partial charge in [-0.25, -0.2) is 0 Å². The summed E-state index contributed by atoms with van der Waals surface area (Å²) >= 11 is 0. The number of methoxy groups -OCH3 is 2. The van der Waals surface area contributed by atoms with Gasteiger partial charge in [-0.05, 0) is 50.4 Å². The lowest BCUT2D eigenvalue weighted by Crippen LogP contribution is -2.61. The molecule has 1 saturated heterocycles. The van der Waals surface area contributed by atoms with E-state index in [0.717, 1.165) is 43.7 Å². The lowest BCUT2D eigenvalue weighted by molar-refractivity contribution is -0.126. The highest BCUT2D eigenvalue weighted by molar-refractivity contribution is 5.82. The van der Waals surface area contributed by atoms with Crippen LogP contribution in [0.4, 0.5) is 0 Å². The summed E-state index contributed by atoms with van der Waals surface area (Å²) in [5, 5.41) is 0. The normalized spacial score (nSPS) is 32.9. The Morgan fingerprint density at radius 3 is 2.83 bits per heavy atom. The number of hydrogen-bond donors (Lipinski definition) is 0. The Hall–Kier alpha value is -1.55. The molecule has 2 bridgehead atoms. The summed E-state index contributed by atoms with van der Waals surface area (Å²) < 4.78 is 11.3. The Kier molecular flexibility index (Phi) is 3.41.